The lowest BCUT2D eigenvalue weighted by molar-refractivity contribution is -0.0972. The van der Waals surface area contributed by atoms with Crippen molar-refractivity contribution in [3.8, 4) is 0 Å². The highest BCUT2D eigenvalue weighted by Gasteiger charge is 2.47. The summed E-state index contributed by atoms with van der Waals surface area (Å²) in [5, 5.41) is 0. The Labute approximate surface area is 71.1 Å². The molecule has 7 heteroatoms. The van der Waals surface area contributed by atoms with Crippen LogP contribution in [0.5, 0.6) is 0 Å². The van der Waals surface area contributed by atoms with Gasteiger partial charge in [0.15, 0.2) is 0 Å². The molecular formula is C5H10N4O2S. The van der Waals surface area contributed by atoms with Crippen molar-refractivity contribution in [2.24, 2.45) is 0 Å². The predicted octanol–water partition coefficient (Wildman–Crippen LogP) is -1.73. The fourth-order valence-electron chi connectivity index (χ4n) is 1.99. The van der Waals surface area contributed by atoms with E-state index in [9.17, 15) is 8.42 Å². The zero-order valence-electron chi connectivity index (χ0n) is 6.55. The maximum absolute atomic E-state index is 11.6. The van der Waals surface area contributed by atoms with Crippen molar-refractivity contribution in [2.75, 3.05) is 33.3 Å². The summed E-state index contributed by atoms with van der Waals surface area (Å²) in [5.41, 5.74) is 0. The van der Waals surface area contributed by atoms with Crippen molar-refractivity contribution in [2.45, 2.75) is 0 Å². The van der Waals surface area contributed by atoms with Crippen molar-refractivity contribution >= 4 is 10.2 Å². The predicted molar refractivity (Wildman–Crippen MR) is 40.6 cm³/mol. The summed E-state index contributed by atoms with van der Waals surface area (Å²) in [7, 11) is -3.08. The summed E-state index contributed by atoms with van der Waals surface area (Å²) >= 11 is 0. The Kier molecular flexibility index (Phi) is 1.20. The molecule has 12 heavy (non-hydrogen) atoms. The standard InChI is InChI=1S/C5H10N4O2S/c10-12(11)8-2-6-1-7(4-8)5-9(12)3-6/h1-5H2. The Bertz CT molecular complexity index is 279. The van der Waals surface area contributed by atoms with Gasteiger partial charge in [-0.2, -0.15) is 17.0 Å². The number of hydrogen-bond donors (Lipinski definition) is 0. The van der Waals surface area contributed by atoms with Gasteiger partial charge in [0.2, 0.25) is 0 Å². The van der Waals surface area contributed by atoms with Gasteiger partial charge < -0.3 is 0 Å². The maximum Gasteiger partial charge on any atom is 0.286 e. The first-order valence-electron chi connectivity index (χ1n) is 3.86. The Balaban J connectivity index is 2.06. The van der Waals surface area contributed by atoms with Gasteiger partial charge in [-0.25, -0.2) is 0 Å². The van der Waals surface area contributed by atoms with Crippen LogP contribution in [0.15, 0.2) is 0 Å². The molecule has 4 fully saturated rings. The Morgan fingerprint density at radius 3 is 1.58 bits per heavy atom. The zero-order chi connectivity index (χ0) is 8.34. The fourth-order valence-corrected chi connectivity index (χ4v) is 3.55. The molecule has 4 aliphatic heterocycles. The van der Waals surface area contributed by atoms with E-state index in [0.29, 0.717) is 26.7 Å². The number of hydrogen-bond acceptors (Lipinski definition) is 4. The summed E-state index contributed by atoms with van der Waals surface area (Å²) in [6, 6.07) is 0. The molecule has 0 atom stereocenters. The van der Waals surface area contributed by atoms with Gasteiger partial charge in [0, 0.05) is 0 Å². The molecule has 4 saturated heterocycles. The molecule has 6 nitrogen and oxygen atoms in total. The summed E-state index contributed by atoms with van der Waals surface area (Å²) in [5.74, 6) is 0. The summed E-state index contributed by atoms with van der Waals surface area (Å²) in [4.78, 5) is 4.21. The first-order valence-corrected chi connectivity index (χ1v) is 5.26. The second-order valence-corrected chi connectivity index (χ2v) is 5.39. The van der Waals surface area contributed by atoms with E-state index in [1.807, 2.05) is 0 Å². The van der Waals surface area contributed by atoms with E-state index in [1.165, 1.54) is 8.61 Å². The van der Waals surface area contributed by atoms with Gasteiger partial charge in [0.25, 0.3) is 10.2 Å². The molecule has 0 unspecified atom stereocenters. The van der Waals surface area contributed by atoms with Crippen LogP contribution in [0.1, 0.15) is 0 Å². The minimum absolute atomic E-state index is 0.565. The molecule has 4 bridgehead atoms. The van der Waals surface area contributed by atoms with Crippen molar-refractivity contribution in [1.29, 1.82) is 0 Å². The van der Waals surface area contributed by atoms with Crippen LogP contribution >= 0.6 is 0 Å². The molecule has 4 aliphatic rings. The molecule has 4 heterocycles. The van der Waals surface area contributed by atoms with Gasteiger partial charge in [0.05, 0.1) is 33.3 Å². The Morgan fingerprint density at radius 2 is 1.17 bits per heavy atom. The van der Waals surface area contributed by atoms with Crippen molar-refractivity contribution < 1.29 is 8.42 Å². The average molecular weight is 190 g/mol. The lowest BCUT2D eigenvalue weighted by Crippen LogP contribution is -2.73. The van der Waals surface area contributed by atoms with Gasteiger partial charge in [-0.15, -0.1) is 0 Å². The van der Waals surface area contributed by atoms with Gasteiger partial charge in [-0.3, -0.25) is 9.80 Å². The molecule has 0 aliphatic carbocycles. The minimum atomic E-state index is -3.08. The quantitative estimate of drug-likeness (QED) is 0.455. The third kappa shape index (κ3) is 0.748. The van der Waals surface area contributed by atoms with Crippen molar-refractivity contribution in [3.63, 3.8) is 0 Å². The minimum Gasteiger partial charge on any atom is -0.262 e. The fraction of sp³-hybridized carbons (Fsp3) is 1.00. The van der Waals surface area contributed by atoms with Crippen LogP contribution in [-0.4, -0.2) is 60.2 Å². The second-order valence-electron chi connectivity index (χ2n) is 3.46. The largest absolute Gasteiger partial charge is 0.286 e. The maximum atomic E-state index is 11.6. The molecule has 0 amide bonds. The normalized spacial score (nSPS) is 54.3. The zero-order valence-corrected chi connectivity index (χ0v) is 7.37. The van der Waals surface area contributed by atoms with Gasteiger partial charge in [0.1, 0.15) is 0 Å². The summed E-state index contributed by atoms with van der Waals surface area (Å²) in [6.45, 7) is 3.16. The van der Waals surface area contributed by atoms with Crippen LogP contribution in [0, 0.1) is 0 Å². The first-order chi connectivity index (χ1) is 5.66. The molecule has 68 valence electrons. The first kappa shape index (κ1) is 7.22. The monoisotopic (exact) mass is 190 g/mol. The second kappa shape index (κ2) is 1.99. The lowest BCUT2D eigenvalue weighted by atomic mass is 10.5. The van der Waals surface area contributed by atoms with Gasteiger partial charge in [-0.1, -0.05) is 0 Å². The van der Waals surface area contributed by atoms with Crippen molar-refractivity contribution in [1.82, 2.24) is 18.4 Å². The number of nitrogens with zero attached hydrogens (tertiary/aromatic N) is 4. The van der Waals surface area contributed by atoms with Gasteiger partial charge in [-0.05, 0) is 0 Å². The molecule has 0 radical (unpaired) electrons. The van der Waals surface area contributed by atoms with Crippen LogP contribution in [-0.2, 0) is 10.2 Å². The highest BCUT2D eigenvalue weighted by Crippen LogP contribution is 2.26. The summed E-state index contributed by atoms with van der Waals surface area (Å²) in [6.07, 6.45) is 0. The molecule has 0 spiro atoms. The Morgan fingerprint density at radius 1 is 0.750 bits per heavy atom. The van der Waals surface area contributed by atoms with E-state index >= 15 is 0 Å². The van der Waals surface area contributed by atoms with Crippen molar-refractivity contribution in [3.05, 3.63) is 0 Å². The lowest BCUT2D eigenvalue weighted by Gasteiger charge is -2.54. The molecule has 0 aromatic heterocycles. The highest BCUT2D eigenvalue weighted by molar-refractivity contribution is 7.86. The van der Waals surface area contributed by atoms with Crippen LogP contribution in [0.3, 0.4) is 0 Å². The molecular weight excluding hydrogens is 180 g/mol. The smallest absolute Gasteiger partial charge is 0.262 e. The number of rotatable bonds is 0. The molecule has 4 rings (SSSR count). The third-order valence-electron chi connectivity index (χ3n) is 2.48. The van der Waals surface area contributed by atoms with E-state index < -0.39 is 10.2 Å². The van der Waals surface area contributed by atoms with E-state index in [2.05, 4.69) is 9.80 Å². The van der Waals surface area contributed by atoms with E-state index in [1.54, 1.807) is 0 Å². The molecule has 0 aromatic rings. The SMILES string of the molecule is O=S1(=O)N2CN3CN(C2)CN1C3. The van der Waals surface area contributed by atoms with Gasteiger partial charge >= 0.3 is 0 Å². The topological polar surface area (TPSA) is 47.1 Å². The van der Waals surface area contributed by atoms with E-state index in [-0.39, 0.29) is 0 Å². The third-order valence-corrected chi connectivity index (χ3v) is 4.25. The molecule has 0 N–H and O–H groups in total. The van der Waals surface area contributed by atoms with Crippen LogP contribution in [0.25, 0.3) is 0 Å². The van der Waals surface area contributed by atoms with E-state index in [0.717, 1.165) is 6.67 Å². The average Bonchev–Trinajstić information content (AvgIpc) is 1.99. The summed E-state index contributed by atoms with van der Waals surface area (Å²) < 4.78 is 26.1. The van der Waals surface area contributed by atoms with Crippen LogP contribution in [0.2, 0.25) is 0 Å². The Hall–Kier alpha value is -0.210. The van der Waals surface area contributed by atoms with Crippen LogP contribution in [0.4, 0.5) is 0 Å². The highest BCUT2D eigenvalue weighted by atomic mass is 32.2. The van der Waals surface area contributed by atoms with E-state index in [4.69, 9.17) is 0 Å². The van der Waals surface area contributed by atoms with Crippen LogP contribution < -0.4 is 0 Å². The molecule has 0 saturated carbocycles. The molecule has 0 aromatic carbocycles.